The maximum absolute atomic E-state index is 6.16. The smallest absolute Gasteiger partial charge is 0.0748 e. The second-order valence-corrected chi connectivity index (χ2v) is 4.85. The highest BCUT2D eigenvalue weighted by atomic mass is 16.5. The van der Waals surface area contributed by atoms with Gasteiger partial charge in [0.05, 0.1) is 6.10 Å². The Morgan fingerprint density at radius 1 is 1.36 bits per heavy atom. The predicted octanol–water partition coefficient (Wildman–Crippen LogP) is 2.57. The Hall–Kier alpha value is -0.0800. The van der Waals surface area contributed by atoms with Crippen LogP contribution >= 0.6 is 0 Å². The second-order valence-electron chi connectivity index (χ2n) is 4.85. The lowest BCUT2D eigenvalue weighted by atomic mass is 9.95. The van der Waals surface area contributed by atoms with Gasteiger partial charge in [-0.1, -0.05) is 26.7 Å². The van der Waals surface area contributed by atoms with Crippen molar-refractivity contribution < 1.29 is 4.74 Å². The fourth-order valence-corrected chi connectivity index (χ4v) is 2.00. The molecule has 0 spiro atoms. The van der Waals surface area contributed by atoms with Crippen molar-refractivity contribution in [2.75, 3.05) is 6.61 Å². The van der Waals surface area contributed by atoms with Crippen LogP contribution in [0.15, 0.2) is 0 Å². The standard InChI is InChI=1S/C12H25NO/c1-4-14-12(9(2)3)11(13)8-7-10-5-6-10/h9-12H,4-8,13H2,1-3H3. The van der Waals surface area contributed by atoms with Crippen LogP contribution in [-0.2, 0) is 4.74 Å². The number of hydrogen-bond acceptors (Lipinski definition) is 2. The maximum Gasteiger partial charge on any atom is 0.0748 e. The summed E-state index contributed by atoms with van der Waals surface area (Å²) in [6.07, 6.45) is 5.53. The van der Waals surface area contributed by atoms with Crippen LogP contribution in [0.5, 0.6) is 0 Å². The first kappa shape index (κ1) is 12.0. The van der Waals surface area contributed by atoms with E-state index in [-0.39, 0.29) is 12.1 Å². The van der Waals surface area contributed by atoms with Crippen LogP contribution in [0.25, 0.3) is 0 Å². The van der Waals surface area contributed by atoms with E-state index in [1.807, 2.05) is 6.92 Å². The van der Waals surface area contributed by atoms with Crippen LogP contribution in [-0.4, -0.2) is 18.8 Å². The molecule has 1 saturated carbocycles. The molecule has 14 heavy (non-hydrogen) atoms. The van der Waals surface area contributed by atoms with E-state index in [4.69, 9.17) is 10.5 Å². The summed E-state index contributed by atoms with van der Waals surface area (Å²) in [4.78, 5) is 0. The fraction of sp³-hybridized carbons (Fsp3) is 1.00. The summed E-state index contributed by atoms with van der Waals surface area (Å²) >= 11 is 0. The van der Waals surface area contributed by atoms with Gasteiger partial charge < -0.3 is 10.5 Å². The first-order valence-electron chi connectivity index (χ1n) is 6.02. The summed E-state index contributed by atoms with van der Waals surface area (Å²) in [5.74, 6) is 1.51. The topological polar surface area (TPSA) is 35.2 Å². The Kier molecular flexibility index (Phi) is 4.90. The molecule has 0 aromatic carbocycles. The van der Waals surface area contributed by atoms with E-state index in [0.29, 0.717) is 5.92 Å². The zero-order valence-corrected chi connectivity index (χ0v) is 9.83. The van der Waals surface area contributed by atoms with Crippen LogP contribution in [0.2, 0.25) is 0 Å². The van der Waals surface area contributed by atoms with Crippen molar-refractivity contribution in [3.63, 3.8) is 0 Å². The van der Waals surface area contributed by atoms with Crippen LogP contribution < -0.4 is 5.73 Å². The summed E-state index contributed by atoms with van der Waals surface area (Å²) in [5.41, 5.74) is 6.16. The third kappa shape index (κ3) is 3.97. The highest BCUT2D eigenvalue weighted by molar-refractivity contribution is 4.80. The van der Waals surface area contributed by atoms with Gasteiger partial charge in [0.15, 0.2) is 0 Å². The minimum absolute atomic E-state index is 0.232. The molecule has 0 bridgehead atoms. The molecule has 2 heteroatoms. The summed E-state index contributed by atoms with van der Waals surface area (Å²) in [6, 6.07) is 0.232. The molecule has 1 fully saturated rings. The first-order chi connectivity index (χ1) is 6.65. The summed E-state index contributed by atoms with van der Waals surface area (Å²) in [6.45, 7) is 7.21. The first-order valence-corrected chi connectivity index (χ1v) is 6.02. The van der Waals surface area contributed by atoms with E-state index in [1.54, 1.807) is 0 Å². The van der Waals surface area contributed by atoms with E-state index in [1.165, 1.54) is 19.3 Å². The number of nitrogens with two attached hydrogens (primary N) is 1. The SMILES string of the molecule is CCOC(C(C)C)C(N)CCC1CC1. The van der Waals surface area contributed by atoms with Crippen LogP contribution in [0.3, 0.4) is 0 Å². The van der Waals surface area contributed by atoms with Crippen LogP contribution in [0.1, 0.15) is 46.5 Å². The monoisotopic (exact) mass is 199 g/mol. The maximum atomic E-state index is 6.16. The summed E-state index contributed by atoms with van der Waals surface area (Å²) in [7, 11) is 0. The Balaban J connectivity index is 2.24. The van der Waals surface area contributed by atoms with E-state index in [9.17, 15) is 0 Å². The molecule has 0 amide bonds. The van der Waals surface area contributed by atoms with Crippen molar-refractivity contribution in [2.24, 2.45) is 17.6 Å². The molecule has 0 heterocycles. The Morgan fingerprint density at radius 2 is 2.00 bits per heavy atom. The lowest BCUT2D eigenvalue weighted by Gasteiger charge is -2.27. The van der Waals surface area contributed by atoms with E-state index in [2.05, 4.69) is 13.8 Å². The summed E-state index contributed by atoms with van der Waals surface area (Å²) < 4.78 is 5.69. The van der Waals surface area contributed by atoms with Gasteiger partial charge in [0.25, 0.3) is 0 Å². The van der Waals surface area contributed by atoms with E-state index < -0.39 is 0 Å². The van der Waals surface area contributed by atoms with Gasteiger partial charge in [0.1, 0.15) is 0 Å². The van der Waals surface area contributed by atoms with Crippen LogP contribution in [0.4, 0.5) is 0 Å². The van der Waals surface area contributed by atoms with Crippen LogP contribution in [0, 0.1) is 11.8 Å². The molecular weight excluding hydrogens is 174 g/mol. The van der Waals surface area contributed by atoms with Crippen molar-refractivity contribution in [2.45, 2.75) is 58.6 Å². The molecule has 0 saturated heterocycles. The highest BCUT2D eigenvalue weighted by Crippen LogP contribution is 2.34. The Labute approximate surface area is 88.2 Å². The predicted molar refractivity (Wildman–Crippen MR) is 60.2 cm³/mol. The van der Waals surface area contributed by atoms with Gasteiger partial charge in [-0.15, -0.1) is 0 Å². The number of hydrogen-bond donors (Lipinski definition) is 1. The van der Waals surface area contributed by atoms with Crippen molar-refractivity contribution in [1.82, 2.24) is 0 Å². The van der Waals surface area contributed by atoms with Gasteiger partial charge in [-0.3, -0.25) is 0 Å². The molecule has 2 N–H and O–H groups in total. The molecule has 0 aliphatic heterocycles. The third-order valence-corrected chi connectivity index (χ3v) is 3.04. The highest BCUT2D eigenvalue weighted by Gasteiger charge is 2.26. The number of ether oxygens (including phenoxy) is 1. The molecule has 0 radical (unpaired) electrons. The Bertz CT molecular complexity index is 154. The van der Waals surface area contributed by atoms with Crippen molar-refractivity contribution in [3.8, 4) is 0 Å². The van der Waals surface area contributed by atoms with Crippen molar-refractivity contribution >= 4 is 0 Å². The average molecular weight is 199 g/mol. The average Bonchev–Trinajstić information content (AvgIpc) is 2.93. The number of rotatable bonds is 7. The molecule has 0 aromatic rings. The normalized spacial score (nSPS) is 21.2. The van der Waals surface area contributed by atoms with Crippen molar-refractivity contribution in [3.05, 3.63) is 0 Å². The minimum atomic E-state index is 0.232. The van der Waals surface area contributed by atoms with Gasteiger partial charge in [0, 0.05) is 12.6 Å². The molecule has 0 aromatic heterocycles. The van der Waals surface area contributed by atoms with Crippen molar-refractivity contribution in [1.29, 1.82) is 0 Å². The van der Waals surface area contributed by atoms with E-state index in [0.717, 1.165) is 18.9 Å². The molecule has 2 nitrogen and oxygen atoms in total. The second kappa shape index (κ2) is 5.72. The lowest BCUT2D eigenvalue weighted by molar-refractivity contribution is 0.0102. The fourth-order valence-electron chi connectivity index (χ4n) is 2.00. The minimum Gasteiger partial charge on any atom is -0.377 e. The Morgan fingerprint density at radius 3 is 2.43 bits per heavy atom. The summed E-state index contributed by atoms with van der Waals surface area (Å²) in [5, 5.41) is 0. The van der Waals surface area contributed by atoms with Gasteiger partial charge >= 0.3 is 0 Å². The molecular formula is C12H25NO. The van der Waals surface area contributed by atoms with Gasteiger partial charge in [-0.25, -0.2) is 0 Å². The zero-order chi connectivity index (χ0) is 10.6. The largest absolute Gasteiger partial charge is 0.377 e. The third-order valence-electron chi connectivity index (χ3n) is 3.04. The molecule has 2 atom stereocenters. The molecule has 1 aliphatic rings. The van der Waals surface area contributed by atoms with Gasteiger partial charge in [-0.05, 0) is 31.6 Å². The van der Waals surface area contributed by atoms with Gasteiger partial charge in [0.2, 0.25) is 0 Å². The quantitative estimate of drug-likeness (QED) is 0.684. The molecule has 1 aliphatic carbocycles. The van der Waals surface area contributed by atoms with Gasteiger partial charge in [-0.2, -0.15) is 0 Å². The molecule has 2 unspecified atom stereocenters. The molecule has 1 rings (SSSR count). The molecule has 84 valence electrons. The lowest BCUT2D eigenvalue weighted by Crippen LogP contribution is -2.40. The van der Waals surface area contributed by atoms with E-state index >= 15 is 0 Å². The zero-order valence-electron chi connectivity index (χ0n) is 9.83.